The van der Waals surface area contributed by atoms with Gasteiger partial charge in [0.25, 0.3) is 0 Å². The Morgan fingerprint density at radius 3 is 2.07 bits per heavy atom. The van der Waals surface area contributed by atoms with Crippen molar-refractivity contribution in [2.75, 3.05) is 0 Å². The lowest BCUT2D eigenvalue weighted by molar-refractivity contribution is 0.624. The molecule has 0 spiro atoms. The molecule has 0 aliphatic heterocycles. The van der Waals surface area contributed by atoms with Crippen LogP contribution in [0.4, 0.5) is 4.39 Å². The molecule has 1 aromatic heterocycles. The van der Waals surface area contributed by atoms with Gasteiger partial charge in [0.05, 0.1) is 0 Å². The summed E-state index contributed by atoms with van der Waals surface area (Å²) in [4.78, 5) is 15.0. The molecule has 3 aromatic carbocycles. The van der Waals surface area contributed by atoms with E-state index in [2.05, 4.69) is 0 Å². The minimum atomic E-state index is -0.269. The Labute approximate surface area is 177 Å². The largest absolute Gasteiger partial charge is 0.356 e. The van der Waals surface area contributed by atoms with E-state index in [1.54, 1.807) is 18.2 Å². The van der Waals surface area contributed by atoms with Gasteiger partial charge in [0.2, 0.25) is 0 Å². The molecule has 4 aromatic rings. The van der Waals surface area contributed by atoms with Crippen molar-refractivity contribution in [2.45, 2.75) is 9.79 Å². The van der Waals surface area contributed by atoms with Gasteiger partial charge >= 0.3 is 0 Å². The highest BCUT2D eigenvalue weighted by Gasteiger charge is 2.12. The van der Waals surface area contributed by atoms with Gasteiger partial charge in [-0.2, -0.15) is 0 Å². The smallest absolute Gasteiger partial charge is 0.197 e. The molecule has 0 atom stereocenters. The molecule has 0 radical (unpaired) electrons. The predicted octanol–water partition coefficient (Wildman–Crippen LogP) is 6.66. The first-order valence-electron chi connectivity index (χ1n) is 9.00. The summed E-state index contributed by atoms with van der Waals surface area (Å²) in [6.07, 6.45) is 3.63. The van der Waals surface area contributed by atoms with Crippen molar-refractivity contribution in [1.82, 2.24) is 4.57 Å². The quantitative estimate of drug-likeness (QED) is 0.367. The average Bonchev–Trinajstić information content (AvgIpc) is 2.70. The Morgan fingerprint density at radius 2 is 1.41 bits per heavy atom. The van der Waals surface area contributed by atoms with Crippen LogP contribution in [0.3, 0.4) is 0 Å². The first-order chi connectivity index (χ1) is 14.0. The summed E-state index contributed by atoms with van der Waals surface area (Å²) < 4.78 is 15.4. The van der Waals surface area contributed by atoms with Crippen LogP contribution < -0.4 is 5.43 Å². The molecular formula is C24H17ClFNOS. The average molecular weight is 422 g/mol. The van der Waals surface area contributed by atoms with E-state index in [0.717, 1.165) is 20.9 Å². The fourth-order valence-corrected chi connectivity index (χ4v) is 4.28. The molecule has 0 aliphatic carbocycles. The Morgan fingerprint density at radius 1 is 0.828 bits per heavy atom. The number of pyridine rings is 1. The molecule has 0 aliphatic rings. The Balaban J connectivity index is 1.76. The van der Waals surface area contributed by atoms with Gasteiger partial charge in [-0.1, -0.05) is 53.7 Å². The van der Waals surface area contributed by atoms with Gasteiger partial charge in [0.15, 0.2) is 5.43 Å². The maximum absolute atomic E-state index is 13.5. The van der Waals surface area contributed by atoms with E-state index < -0.39 is 0 Å². The van der Waals surface area contributed by atoms with Gasteiger partial charge in [-0.25, -0.2) is 4.39 Å². The molecule has 144 valence electrons. The summed E-state index contributed by atoms with van der Waals surface area (Å²) in [5.41, 5.74) is 2.74. The zero-order chi connectivity index (χ0) is 20.4. The highest BCUT2D eigenvalue weighted by Crippen LogP contribution is 2.31. The van der Waals surface area contributed by atoms with Gasteiger partial charge in [-0.05, 0) is 53.6 Å². The van der Waals surface area contributed by atoms with Crippen LogP contribution in [-0.2, 0) is 7.05 Å². The fraction of sp³-hybridized carbons (Fsp3) is 0.0417. The lowest BCUT2D eigenvalue weighted by atomic mass is 10.0. The van der Waals surface area contributed by atoms with Gasteiger partial charge in [-0.3, -0.25) is 4.79 Å². The van der Waals surface area contributed by atoms with Crippen LogP contribution in [0.1, 0.15) is 0 Å². The third-order valence-corrected chi connectivity index (χ3v) is 5.68. The first-order valence-corrected chi connectivity index (χ1v) is 10.2. The van der Waals surface area contributed by atoms with Crippen molar-refractivity contribution >= 4 is 23.4 Å². The Bertz CT molecular complexity index is 1250. The molecule has 1 heterocycles. The monoisotopic (exact) mass is 421 g/mol. The molecule has 4 rings (SSSR count). The SMILES string of the molecule is Cn1cc(-c2cccc(Cl)c2)c(=O)c(-c2cccc(Sc3cccc(F)c3)c2)c1. The van der Waals surface area contributed by atoms with Crippen LogP contribution in [0.5, 0.6) is 0 Å². The summed E-state index contributed by atoms with van der Waals surface area (Å²) in [6.45, 7) is 0. The maximum atomic E-state index is 13.5. The molecule has 0 fully saturated rings. The number of rotatable bonds is 4. The number of benzene rings is 3. The van der Waals surface area contributed by atoms with Crippen LogP contribution in [-0.4, -0.2) is 4.57 Å². The lowest BCUT2D eigenvalue weighted by Gasteiger charge is -2.10. The van der Waals surface area contributed by atoms with Crippen molar-refractivity contribution < 1.29 is 4.39 Å². The van der Waals surface area contributed by atoms with E-state index in [-0.39, 0.29) is 11.2 Å². The van der Waals surface area contributed by atoms with Crippen molar-refractivity contribution in [3.05, 3.63) is 106 Å². The zero-order valence-electron chi connectivity index (χ0n) is 15.6. The summed E-state index contributed by atoms with van der Waals surface area (Å²) >= 11 is 7.57. The molecule has 0 bridgehead atoms. The van der Waals surface area contributed by atoms with E-state index in [1.165, 1.54) is 23.9 Å². The number of halogens is 2. The fourth-order valence-electron chi connectivity index (χ4n) is 3.17. The van der Waals surface area contributed by atoms with E-state index in [9.17, 15) is 9.18 Å². The number of aryl methyl sites for hydroxylation is 1. The lowest BCUT2D eigenvalue weighted by Crippen LogP contribution is -2.11. The number of hydrogen-bond acceptors (Lipinski definition) is 2. The predicted molar refractivity (Wildman–Crippen MR) is 118 cm³/mol. The van der Waals surface area contributed by atoms with E-state index in [1.807, 2.05) is 66.5 Å². The number of nitrogens with zero attached hydrogens (tertiary/aromatic N) is 1. The van der Waals surface area contributed by atoms with Crippen molar-refractivity contribution in [3.63, 3.8) is 0 Å². The Hall–Kier alpha value is -2.82. The van der Waals surface area contributed by atoms with Crippen molar-refractivity contribution in [2.24, 2.45) is 7.05 Å². The maximum Gasteiger partial charge on any atom is 0.197 e. The second-order valence-corrected chi connectivity index (χ2v) is 8.26. The van der Waals surface area contributed by atoms with Gasteiger partial charge < -0.3 is 4.57 Å². The van der Waals surface area contributed by atoms with Gasteiger partial charge in [0.1, 0.15) is 5.82 Å². The second-order valence-electron chi connectivity index (χ2n) is 6.68. The summed E-state index contributed by atoms with van der Waals surface area (Å²) in [7, 11) is 1.89. The molecule has 0 amide bonds. The molecule has 0 N–H and O–H groups in total. The van der Waals surface area contributed by atoms with E-state index >= 15 is 0 Å². The molecule has 2 nitrogen and oxygen atoms in total. The molecule has 0 saturated heterocycles. The first kappa shape index (κ1) is 19.5. The van der Waals surface area contributed by atoms with Gasteiger partial charge in [0, 0.05) is 45.4 Å². The third kappa shape index (κ3) is 4.44. The summed E-state index contributed by atoms with van der Waals surface area (Å²) in [5, 5.41) is 0.587. The second kappa shape index (κ2) is 8.27. The molecule has 0 unspecified atom stereocenters. The highest BCUT2D eigenvalue weighted by atomic mass is 35.5. The minimum Gasteiger partial charge on any atom is -0.356 e. The van der Waals surface area contributed by atoms with Crippen molar-refractivity contribution in [3.8, 4) is 22.3 Å². The Kier molecular flexibility index (Phi) is 5.56. The summed E-state index contributed by atoms with van der Waals surface area (Å²) in [6, 6.07) is 21.5. The zero-order valence-corrected chi connectivity index (χ0v) is 17.2. The van der Waals surface area contributed by atoms with Crippen LogP contribution in [0.2, 0.25) is 5.02 Å². The topological polar surface area (TPSA) is 22.0 Å². The van der Waals surface area contributed by atoms with E-state index in [0.29, 0.717) is 16.1 Å². The normalized spacial score (nSPS) is 10.9. The number of aromatic nitrogens is 1. The van der Waals surface area contributed by atoms with Crippen LogP contribution >= 0.6 is 23.4 Å². The standard InChI is InChI=1S/C24H17ClFNOS/c1-27-14-22(16-5-2-7-18(25)11-16)24(28)23(15-27)17-6-3-9-20(12-17)29-21-10-4-8-19(26)13-21/h2-15H,1H3. The van der Waals surface area contributed by atoms with Crippen LogP contribution in [0.25, 0.3) is 22.3 Å². The van der Waals surface area contributed by atoms with Crippen molar-refractivity contribution in [1.29, 1.82) is 0 Å². The molecule has 5 heteroatoms. The van der Waals surface area contributed by atoms with E-state index in [4.69, 9.17) is 11.6 Å². The number of hydrogen-bond donors (Lipinski definition) is 0. The molecule has 0 saturated carbocycles. The summed E-state index contributed by atoms with van der Waals surface area (Å²) in [5.74, 6) is -0.269. The highest BCUT2D eigenvalue weighted by molar-refractivity contribution is 7.99. The van der Waals surface area contributed by atoms with Gasteiger partial charge in [-0.15, -0.1) is 0 Å². The minimum absolute atomic E-state index is 0.0572. The molecular weight excluding hydrogens is 405 g/mol. The van der Waals surface area contributed by atoms with Crippen LogP contribution in [0.15, 0.2) is 99.8 Å². The van der Waals surface area contributed by atoms with Crippen LogP contribution in [0, 0.1) is 5.82 Å². The molecule has 29 heavy (non-hydrogen) atoms. The third-order valence-electron chi connectivity index (χ3n) is 4.47.